The molecule has 0 aromatic heterocycles. The van der Waals surface area contributed by atoms with E-state index in [9.17, 15) is 9.90 Å². The van der Waals surface area contributed by atoms with Crippen LogP contribution in [0.1, 0.15) is 44.1 Å². The minimum absolute atomic E-state index is 0.590. The SMILES string of the molecule is O=C(O)C1(c2ccccc2SC2CCC2)CCC1. The molecule has 0 heterocycles. The lowest BCUT2D eigenvalue weighted by molar-refractivity contribution is -0.147. The van der Waals surface area contributed by atoms with Gasteiger partial charge in [-0.3, -0.25) is 4.79 Å². The van der Waals surface area contributed by atoms with Crippen molar-refractivity contribution in [1.29, 1.82) is 0 Å². The Morgan fingerprint density at radius 3 is 2.44 bits per heavy atom. The molecule has 0 spiro atoms. The highest BCUT2D eigenvalue weighted by Gasteiger charge is 2.47. The summed E-state index contributed by atoms with van der Waals surface area (Å²) in [5.41, 5.74) is 0.466. The van der Waals surface area contributed by atoms with Crippen molar-refractivity contribution in [3.05, 3.63) is 29.8 Å². The molecular weight excluding hydrogens is 244 g/mol. The summed E-state index contributed by atoms with van der Waals surface area (Å²) in [7, 11) is 0. The molecule has 2 aliphatic carbocycles. The molecule has 0 amide bonds. The van der Waals surface area contributed by atoms with E-state index in [0.717, 1.165) is 24.8 Å². The number of thioether (sulfide) groups is 1. The Morgan fingerprint density at radius 2 is 1.94 bits per heavy atom. The zero-order valence-electron chi connectivity index (χ0n) is 10.4. The van der Waals surface area contributed by atoms with Crippen LogP contribution >= 0.6 is 11.8 Å². The molecule has 0 radical (unpaired) electrons. The fourth-order valence-corrected chi connectivity index (χ4v) is 4.24. The predicted octanol–water partition coefficient (Wildman–Crippen LogP) is 3.84. The first-order chi connectivity index (χ1) is 8.72. The maximum absolute atomic E-state index is 11.6. The third kappa shape index (κ3) is 1.85. The summed E-state index contributed by atoms with van der Waals surface area (Å²) in [5, 5.41) is 10.3. The minimum Gasteiger partial charge on any atom is -0.481 e. The van der Waals surface area contributed by atoms with Crippen molar-refractivity contribution >= 4 is 17.7 Å². The molecule has 0 unspecified atom stereocenters. The first kappa shape index (κ1) is 12.1. The van der Waals surface area contributed by atoms with Crippen LogP contribution in [0.4, 0.5) is 0 Å². The van der Waals surface area contributed by atoms with Crippen LogP contribution in [0, 0.1) is 0 Å². The third-order valence-corrected chi connectivity index (χ3v) is 5.78. The zero-order chi connectivity index (χ0) is 12.6. The van der Waals surface area contributed by atoms with Crippen LogP contribution in [-0.4, -0.2) is 16.3 Å². The number of aliphatic carboxylic acids is 1. The van der Waals surface area contributed by atoms with Crippen LogP contribution in [0.5, 0.6) is 0 Å². The van der Waals surface area contributed by atoms with E-state index < -0.39 is 11.4 Å². The Bertz CT molecular complexity index is 461. The highest BCUT2D eigenvalue weighted by Crippen LogP contribution is 2.49. The third-order valence-electron chi connectivity index (χ3n) is 4.36. The van der Waals surface area contributed by atoms with Gasteiger partial charge in [-0.1, -0.05) is 31.0 Å². The van der Waals surface area contributed by atoms with Crippen LogP contribution < -0.4 is 0 Å². The van der Waals surface area contributed by atoms with Crippen molar-refractivity contribution < 1.29 is 9.90 Å². The zero-order valence-corrected chi connectivity index (χ0v) is 11.2. The smallest absolute Gasteiger partial charge is 0.314 e. The second-order valence-corrected chi connectivity index (χ2v) is 6.75. The van der Waals surface area contributed by atoms with Crippen molar-refractivity contribution in [2.75, 3.05) is 0 Å². The molecule has 2 saturated carbocycles. The summed E-state index contributed by atoms with van der Waals surface area (Å²) in [4.78, 5) is 12.8. The average Bonchev–Trinajstić information content (AvgIpc) is 2.23. The summed E-state index contributed by atoms with van der Waals surface area (Å²) >= 11 is 1.89. The van der Waals surface area contributed by atoms with E-state index in [4.69, 9.17) is 0 Å². The number of benzene rings is 1. The van der Waals surface area contributed by atoms with Gasteiger partial charge in [-0.25, -0.2) is 0 Å². The van der Waals surface area contributed by atoms with Gasteiger partial charge in [0.25, 0.3) is 0 Å². The lowest BCUT2D eigenvalue weighted by atomic mass is 9.64. The van der Waals surface area contributed by atoms with E-state index in [1.54, 1.807) is 0 Å². The van der Waals surface area contributed by atoms with Gasteiger partial charge in [0.1, 0.15) is 0 Å². The van der Waals surface area contributed by atoms with Crippen LogP contribution in [0.15, 0.2) is 29.2 Å². The normalized spacial score (nSPS) is 22.0. The monoisotopic (exact) mass is 262 g/mol. The van der Waals surface area contributed by atoms with Crippen LogP contribution in [-0.2, 0) is 10.2 Å². The minimum atomic E-state index is -0.643. The van der Waals surface area contributed by atoms with E-state index in [2.05, 4.69) is 6.07 Å². The van der Waals surface area contributed by atoms with E-state index >= 15 is 0 Å². The highest BCUT2D eigenvalue weighted by atomic mass is 32.2. The van der Waals surface area contributed by atoms with Gasteiger partial charge in [-0.15, -0.1) is 11.8 Å². The summed E-state index contributed by atoms with van der Waals surface area (Å²) < 4.78 is 0. The van der Waals surface area contributed by atoms with Gasteiger partial charge >= 0.3 is 5.97 Å². The molecule has 96 valence electrons. The molecule has 0 aliphatic heterocycles. The molecule has 0 bridgehead atoms. The number of hydrogen-bond acceptors (Lipinski definition) is 2. The van der Waals surface area contributed by atoms with Gasteiger partial charge in [0, 0.05) is 10.1 Å². The van der Waals surface area contributed by atoms with E-state index in [-0.39, 0.29) is 0 Å². The van der Waals surface area contributed by atoms with Crippen molar-refractivity contribution in [1.82, 2.24) is 0 Å². The summed E-state index contributed by atoms with van der Waals surface area (Å²) in [6.45, 7) is 0. The topological polar surface area (TPSA) is 37.3 Å². The molecule has 1 aromatic carbocycles. The molecule has 18 heavy (non-hydrogen) atoms. The highest BCUT2D eigenvalue weighted by molar-refractivity contribution is 8.00. The Labute approximate surface area is 112 Å². The van der Waals surface area contributed by atoms with Crippen LogP contribution in [0.25, 0.3) is 0 Å². The second-order valence-electron chi connectivity index (χ2n) is 5.41. The average molecular weight is 262 g/mol. The van der Waals surface area contributed by atoms with Crippen LogP contribution in [0.2, 0.25) is 0 Å². The van der Waals surface area contributed by atoms with Crippen LogP contribution in [0.3, 0.4) is 0 Å². The number of carbonyl (C=O) groups is 1. The van der Waals surface area contributed by atoms with Crippen molar-refractivity contribution in [3.63, 3.8) is 0 Å². The maximum atomic E-state index is 11.6. The molecule has 1 N–H and O–H groups in total. The fraction of sp³-hybridized carbons (Fsp3) is 0.533. The number of hydrogen-bond donors (Lipinski definition) is 1. The number of rotatable bonds is 4. The first-order valence-electron chi connectivity index (χ1n) is 6.72. The fourth-order valence-electron chi connectivity index (χ4n) is 2.76. The van der Waals surface area contributed by atoms with Gasteiger partial charge in [-0.2, -0.15) is 0 Å². The van der Waals surface area contributed by atoms with Crippen molar-refractivity contribution in [3.8, 4) is 0 Å². The van der Waals surface area contributed by atoms with Crippen molar-refractivity contribution in [2.45, 2.75) is 54.1 Å². The largest absolute Gasteiger partial charge is 0.481 e. The molecule has 0 atom stereocenters. The van der Waals surface area contributed by atoms with Crippen molar-refractivity contribution in [2.24, 2.45) is 0 Å². The molecule has 2 nitrogen and oxygen atoms in total. The second kappa shape index (κ2) is 4.61. The molecule has 2 fully saturated rings. The quantitative estimate of drug-likeness (QED) is 0.895. The number of carboxylic acids is 1. The van der Waals surface area contributed by atoms with Gasteiger partial charge in [0.15, 0.2) is 0 Å². The Balaban J connectivity index is 1.92. The summed E-state index contributed by atoms with van der Waals surface area (Å²) in [6, 6.07) is 8.12. The molecule has 3 rings (SSSR count). The van der Waals surface area contributed by atoms with Gasteiger partial charge in [0.05, 0.1) is 5.41 Å². The molecule has 2 aliphatic rings. The Kier molecular flexibility index (Phi) is 3.10. The van der Waals surface area contributed by atoms with Gasteiger partial charge in [0.2, 0.25) is 0 Å². The lowest BCUT2D eigenvalue weighted by Gasteiger charge is -2.40. The first-order valence-corrected chi connectivity index (χ1v) is 7.60. The van der Waals surface area contributed by atoms with Gasteiger partial charge in [-0.05, 0) is 37.3 Å². The Morgan fingerprint density at radius 1 is 1.22 bits per heavy atom. The van der Waals surface area contributed by atoms with E-state index in [1.807, 2.05) is 30.0 Å². The summed E-state index contributed by atoms with van der Waals surface area (Å²) in [6.07, 6.45) is 6.51. The predicted molar refractivity (Wildman–Crippen MR) is 73.1 cm³/mol. The molecule has 1 aromatic rings. The number of carboxylic acid groups (broad SMARTS) is 1. The summed E-state index contributed by atoms with van der Waals surface area (Å²) in [5.74, 6) is -0.643. The standard InChI is InChI=1S/C15H18O2S/c16-14(17)15(9-4-10-15)12-7-1-2-8-13(12)18-11-5-3-6-11/h1-2,7-8,11H,3-6,9-10H2,(H,16,17). The van der Waals surface area contributed by atoms with E-state index in [1.165, 1.54) is 24.2 Å². The molecule has 0 saturated heterocycles. The van der Waals surface area contributed by atoms with Gasteiger partial charge < -0.3 is 5.11 Å². The molecule has 3 heteroatoms. The molecular formula is C15H18O2S. The lowest BCUT2D eigenvalue weighted by Crippen LogP contribution is -2.42. The maximum Gasteiger partial charge on any atom is 0.314 e. The van der Waals surface area contributed by atoms with E-state index in [0.29, 0.717) is 5.25 Å². The Hall–Kier alpha value is -0.960.